The van der Waals surface area contributed by atoms with Crippen LogP contribution in [0.5, 0.6) is 5.75 Å². The van der Waals surface area contributed by atoms with E-state index >= 15 is 0 Å². The van der Waals surface area contributed by atoms with E-state index in [0.29, 0.717) is 31.5 Å². The van der Waals surface area contributed by atoms with Crippen LogP contribution >= 0.6 is 0 Å². The fraction of sp³-hybridized carbons (Fsp3) is 0.250. The van der Waals surface area contributed by atoms with Gasteiger partial charge in [-0.15, -0.1) is 0 Å². The zero-order chi connectivity index (χ0) is 18.5. The van der Waals surface area contributed by atoms with E-state index in [1.165, 1.54) is 24.3 Å². The van der Waals surface area contributed by atoms with Crippen LogP contribution in [0, 0.1) is 17.5 Å². The predicted octanol–water partition coefficient (Wildman–Crippen LogP) is 4.19. The minimum Gasteiger partial charge on any atom is -0.490 e. The van der Waals surface area contributed by atoms with Crippen LogP contribution in [0.2, 0.25) is 0 Å². The lowest BCUT2D eigenvalue weighted by atomic mass is 10.1. The summed E-state index contributed by atoms with van der Waals surface area (Å²) in [7, 11) is 0. The second-order valence-corrected chi connectivity index (χ2v) is 6.11. The average molecular weight is 361 g/mol. The normalized spacial score (nSPS) is 15.4. The van der Waals surface area contributed by atoms with Gasteiger partial charge < -0.3 is 9.64 Å². The Morgan fingerprint density at radius 3 is 2.50 bits per heavy atom. The number of halogens is 3. The number of benzene rings is 2. The van der Waals surface area contributed by atoms with Gasteiger partial charge in [-0.3, -0.25) is 4.79 Å². The Balaban J connectivity index is 1.51. The third-order valence-corrected chi connectivity index (χ3v) is 4.21. The van der Waals surface area contributed by atoms with Crippen molar-refractivity contribution in [3.05, 3.63) is 71.6 Å². The molecule has 1 amide bonds. The number of rotatable bonds is 4. The fourth-order valence-electron chi connectivity index (χ4n) is 2.82. The van der Waals surface area contributed by atoms with Crippen LogP contribution in [-0.4, -0.2) is 30.0 Å². The van der Waals surface area contributed by atoms with Crippen LogP contribution in [0.25, 0.3) is 6.08 Å². The molecule has 2 aromatic carbocycles. The molecule has 1 heterocycles. The first-order valence-electron chi connectivity index (χ1n) is 8.35. The Bertz CT molecular complexity index is 814. The Kier molecular flexibility index (Phi) is 5.61. The average Bonchev–Trinajstić information content (AvgIpc) is 2.63. The number of nitrogens with zero attached hydrogens (tertiary/aromatic N) is 1. The van der Waals surface area contributed by atoms with Crippen LogP contribution in [0.1, 0.15) is 18.4 Å². The molecule has 0 unspecified atom stereocenters. The van der Waals surface area contributed by atoms with Gasteiger partial charge in [-0.05, 0) is 35.9 Å². The SMILES string of the molecule is O=C(/C=C/c1cccc(F)c1)N1CCC(Oc2ccc(F)c(F)c2)CC1. The van der Waals surface area contributed by atoms with E-state index < -0.39 is 11.6 Å². The van der Waals surface area contributed by atoms with E-state index in [4.69, 9.17) is 4.74 Å². The highest BCUT2D eigenvalue weighted by atomic mass is 19.2. The number of piperidine rings is 1. The minimum absolute atomic E-state index is 0.152. The summed E-state index contributed by atoms with van der Waals surface area (Å²) in [5.74, 6) is -2.09. The molecule has 6 heteroatoms. The fourth-order valence-corrected chi connectivity index (χ4v) is 2.82. The topological polar surface area (TPSA) is 29.5 Å². The summed E-state index contributed by atoms with van der Waals surface area (Å²) in [6.45, 7) is 1.00. The molecular weight excluding hydrogens is 343 g/mol. The Labute approximate surface area is 149 Å². The van der Waals surface area contributed by atoms with E-state index in [2.05, 4.69) is 0 Å². The Hall–Kier alpha value is -2.76. The van der Waals surface area contributed by atoms with E-state index in [9.17, 15) is 18.0 Å². The third kappa shape index (κ3) is 4.65. The number of carbonyl (C=O) groups is 1. The van der Waals surface area contributed by atoms with Crippen molar-refractivity contribution in [2.75, 3.05) is 13.1 Å². The van der Waals surface area contributed by atoms with Crippen molar-refractivity contribution in [3.63, 3.8) is 0 Å². The lowest BCUT2D eigenvalue weighted by molar-refractivity contribution is -0.127. The van der Waals surface area contributed by atoms with Crippen molar-refractivity contribution in [1.29, 1.82) is 0 Å². The standard InChI is InChI=1S/C20H18F3NO2/c21-15-3-1-2-14(12-15)4-7-20(25)24-10-8-16(9-11-24)26-17-5-6-18(22)19(23)13-17/h1-7,12-13,16H,8-11H2/b7-4+. The second kappa shape index (κ2) is 8.08. The van der Waals surface area contributed by atoms with Crippen LogP contribution in [0.4, 0.5) is 13.2 Å². The van der Waals surface area contributed by atoms with Crippen LogP contribution in [0.15, 0.2) is 48.5 Å². The molecule has 2 aromatic rings. The molecule has 136 valence electrons. The number of ether oxygens (including phenoxy) is 1. The third-order valence-electron chi connectivity index (χ3n) is 4.21. The Morgan fingerprint density at radius 1 is 1.04 bits per heavy atom. The van der Waals surface area contributed by atoms with Crippen molar-refractivity contribution < 1.29 is 22.7 Å². The van der Waals surface area contributed by atoms with Gasteiger partial charge >= 0.3 is 0 Å². The number of carbonyl (C=O) groups excluding carboxylic acids is 1. The molecule has 0 radical (unpaired) electrons. The highest BCUT2D eigenvalue weighted by Crippen LogP contribution is 2.21. The zero-order valence-corrected chi connectivity index (χ0v) is 14.0. The molecule has 1 aliphatic rings. The molecule has 3 rings (SSSR count). The molecular formula is C20H18F3NO2. The number of amides is 1. The summed E-state index contributed by atoms with van der Waals surface area (Å²) in [5.41, 5.74) is 0.620. The van der Waals surface area contributed by atoms with E-state index in [-0.39, 0.29) is 23.6 Å². The van der Waals surface area contributed by atoms with Gasteiger partial charge in [0.25, 0.3) is 0 Å². The lowest BCUT2D eigenvalue weighted by Crippen LogP contribution is -2.41. The number of likely N-dealkylation sites (tertiary alicyclic amines) is 1. The Morgan fingerprint density at radius 2 is 1.81 bits per heavy atom. The maximum Gasteiger partial charge on any atom is 0.246 e. The van der Waals surface area contributed by atoms with E-state index in [0.717, 1.165) is 12.1 Å². The quantitative estimate of drug-likeness (QED) is 0.765. The molecule has 1 aliphatic heterocycles. The first-order valence-corrected chi connectivity index (χ1v) is 8.35. The summed E-state index contributed by atoms with van der Waals surface area (Å²) in [5, 5.41) is 0. The highest BCUT2D eigenvalue weighted by Gasteiger charge is 2.23. The molecule has 0 saturated carbocycles. The van der Waals surface area contributed by atoms with Crippen molar-refractivity contribution in [2.45, 2.75) is 18.9 Å². The molecule has 26 heavy (non-hydrogen) atoms. The smallest absolute Gasteiger partial charge is 0.246 e. The number of hydrogen-bond donors (Lipinski definition) is 0. The molecule has 0 aromatic heterocycles. The minimum atomic E-state index is -0.947. The molecule has 0 aliphatic carbocycles. The van der Waals surface area contributed by atoms with Crippen molar-refractivity contribution in [1.82, 2.24) is 4.90 Å². The molecule has 0 N–H and O–H groups in total. The first kappa shape index (κ1) is 18.0. The molecule has 0 spiro atoms. The maximum absolute atomic E-state index is 13.2. The molecule has 0 bridgehead atoms. The van der Waals surface area contributed by atoms with Crippen molar-refractivity contribution >= 4 is 12.0 Å². The van der Waals surface area contributed by atoms with E-state index in [1.807, 2.05) is 0 Å². The maximum atomic E-state index is 13.2. The van der Waals surface area contributed by atoms with Gasteiger partial charge in [-0.1, -0.05) is 12.1 Å². The molecule has 1 fully saturated rings. The van der Waals surface area contributed by atoms with Crippen LogP contribution < -0.4 is 4.74 Å². The van der Waals surface area contributed by atoms with Gasteiger partial charge in [0.05, 0.1) is 0 Å². The summed E-state index contributed by atoms with van der Waals surface area (Å²) < 4.78 is 44.9. The van der Waals surface area contributed by atoms with Crippen LogP contribution in [-0.2, 0) is 4.79 Å². The number of hydrogen-bond acceptors (Lipinski definition) is 2. The monoisotopic (exact) mass is 361 g/mol. The zero-order valence-electron chi connectivity index (χ0n) is 14.0. The van der Waals surface area contributed by atoms with Crippen molar-refractivity contribution in [3.8, 4) is 5.75 Å². The first-order chi connectivity index (χ1) is 12.5. The highest BCUT2D eigenvalue weighted by molar-refractivity contribution is 5.91. The second-order valence-electron chi connectivity index (χ2n) is 6.11. The van der Waals surface area contributed by atoms with Gasteiger partial charge in [0, 0.05) is 38.1 Å². The summed E-state index contributed by atoms with van der Waals surface area (Å²) >= 11 is 0. The lowest BCUT2D eigenvalue weighted by Gasteiger charge is -2.31. The summed E-state index contributed by atoms with van der Waals surface area (Å²) in [6.07, 6.45) is 4.04. The van der Waals surface area contributed by atoms with Crippen LogP contribution in [0.3, 0.4) is 0 Å². The van der Waals surface area contributed by atoms with Gasteiger partial charge in [0.15, 0.2) is 11.6 Å². The largest absolute Gasteiger partial charge is 0.490 e. The molecule has 0 atom stereocenters. The van der Waals surface area contributed by atoms with Gasteiger partial charge in [0.2, 0.25) is 5.91 Å². The van der Waals surface area contributed by atoms with Gasteiger partial charge in [-0.2, -0.15) is 0 Å². The van der Waals surface area contributed by atoms with Gasteiger partial charge in [0.1, 0.15) is 17.7 Å². The van der Waals surface area contributed by atoms with E-state index in [1.54, 1.807) is 23.1 Å². The predicted molar refractivity (Wildman–Crippen MR) is 92.0 cm³/mol. The molecule has 3 nitrogen and oxygen atoms in total. The summed E-state index contributed by atoms with van der Waals surface area (Å²) in [6, 6.07) is 9.44. The van der Waals surface area contributed by atoms with Gasteiger partial charge in [-0.25, -0.2) is 13.2 Å². The summed E-state index contributed by atoms with van der Waals surface area (Å²) in [4.78, 5) is 13.9. The molecule has 1 saturated heterocycles. The van der Waals surface area contributed by atoms with Crippen molar-refractivity contribution in [2.24, 2.45) is 0 Å².